The van der Waals surface area contributed by atoms with E-state index in [0.29, 0.717) is 5.75 Å². The highest BCUT2D eigenvalue weighted by Gasteiger charge is 2.40. The van der Waals surface area contributed by atoms with Crippen LogP contribution >= 0.6 is 15.9 Å². The Labute approximate surface area is 132 Å². The Bertz CT molecular complexity index is 587. The SMILES string of the molecule is COc1cc(Br)cc(C)c1NC1CC(=O)N(C(C)C)C1=O. The number of benzene rings is 1. The third-order valence-electron chi connectivity index (χ3n) is 3.50. The van der Waals surface area contributed by atoms with Gasteiger partial charge in [-0.1, -0.05) is 15.9 Å². The van der Waals surface area contributed by atoms with Crippen molar-refractivity contribution in [2.45, 2.75) is 39.3 Å². The van der Waals surface area contributed by atoms with Crippen LogP contribution in [0.1, 0.15) is 25.8 Å². The molecule has 1 N–H and O–H groups in total. The summed E-state index contributed by atoms with van der Waals surface area (Å²) in [5.74, 6) is 0.325. The lowest BCUT2D eigenvalue weighted by Gasteiger charge is -2.21. The first kappa shape index (κ1) is 15.8. The zero-order valence-corrected chi connectivity index (χ0v) is 14.2. The minimum Gasteiger partial charge on any atom is -0.495 e. The number of imide groups is 1. The second-order valence-electron chi connectivity index (χ2n) is 5.40. The summed E-state index contributed by atoms with van der Waals surface area (Å²) < 4.78 is 6.25. The number of aryl methyl sites for hydroxylation is 1. The third-order valence-corrected chi connectivity index (χ3v) is 3.96. The van der Waals surface area contributed by atoms with Crippen LogP contribution in [0.4, 0.5) is 5.69 Å². The van der Waals surface area contributed by atoms with E-state index in [0.717, 1.165) is 15.7 Å². The van der Waals surface area contributed by atoms with Crippen LogP contribution in [0.2, 0.25) is 0 Å². The van der Waals surface area contributed by atoms with Crippen molar-refractivity contribution >= 4 is 33.4 Å². The Morgan fingerprint density at radius 3 is 2.57 bits per heavy atom. The minimum atomic E-state index is -0.534. The Morgan fingerprint density at radius 2 is 2.05 bits per heavy atom. The highest BCUT2D eigenvalue weighted by Crippen LogP contribution is 2.34. The van der Waals surface area contributed by atoms with Crippen molar-refractivity contribution < 1.29 is 14.3 Å². The van der Waals surface area contributed by atoms with E-state index >= 15 is 0 Å². The van der Waals surface area contributed by atoms with Gasteiger partial charge in [0.2, 0.25) is 5.91 Å². The molecule has 1 aliphatic rings. The molecule has 1 aromatic rings. The van der Waals surface area contributed by atoms with Crippen LogP contribution in [0.3, 0.4) is 0 Å². The van der Waals surface area contributed by atoms with Crippen LogP contribution in [-0.4, -0.2) is 35.9 Å². The first-order chi connectivity index (χ1) is 9.85. The van der Waals surface area contributed by atoms with Crippen molar-refractivity contribution in [2.24, 2.45) is 0 Å². The molecule has 1 aliphatic heterocycles. The van der Waals surface area contributed by atoms with Crippen LogP contribution < -0.4 is 10.1 Å². The molecule has 6 heteroatoms. The van der Waals surface area contributed by atoms with Crippen molar-refractivity contribution in [1.29, 1.82) is 0 Å². The average molecular weight is 355 g/mol. The van der Waals surface area contributed by atoms with Crippen LogP contribution in [-0.2, 0) is 9.59 Å². The molecule has 2 amide bonds. The number of carbonyl (C=O) groups is 2. The van der Waals surface area contributed by atoms with Gasteiger partial charge in [-0.05, 0) is 38.5 Å². The number of carbonyl (C=O) groups excluding carboxylic acids is 2. The molecule has 0 aliphatic carbocycles. The maximum Gasteiger partial charge on any atom is 0.252 e. The first-order valence-corrected chi connectivity index (χ1v) is 7.61. The van der Waals surface area contributed by atoms with Crippen LogP contribution in [0, 0.1) is 6.92 Å². The van der Waals surface area contributed by atoms with Gasteiger partial charge >= 0.3 is 0 Å². The number of anilines is 1. The maximum atomic E-state index is 12.3. The summed E-state index contributed by atoms with van der Waals surface area (Å²) in [4.78, 5) is 25.6. The maximum absolute atomic E-state index is 12.3. The predicted octanol–water partition coefficient (Wildman–Crippen LogP) is 2.71. The fraction of sp³-hybridized carbons (Fsp3) is 0.467. The minimum absolute atomic E-state index is 0.121. The number of hydrogen-bond acceptors (Lipinski definition) is 4. The summed E-state index contributed by atoms with van der Waals surface area (Å²) in [6.07, 6.45) is 0.176. The predicted molar refractivity (Wildman–Crippen MR) is 84.4 cm³/mol. The Kier molecular flexibility index (Phi) is 4.56. The molecule has 21 heavy (non-hydrogen) atoms. The standard InChI is InChI=1S/C15H19BrN2O3/c1-8(2)18-13(19)7-11(15(18)20)17-14-9(3)5-10(16)6-12(14)21-4/h5-6,8,11,17H,7H2,1-4H3. The van der Waals surface area contributed by atoms with Gasteiger partial charge in [0.15, 0.2) is 0 Å². The number of nitrogens with one attached hydrogen (secondary N) is 1. The van der Waals surface area contributed by atoms with E-state index in [1.165, 1.54) is 4.90 Å². The Morgan fingerprint density at radius 1 is 1.38 bits per heavy atom. The van der Waals surface area contributed by atoms with Gasteiger partial charge < -0.3 is 10.1 Å². The molecule has 1 unspecified atom stereocenters. The van der Waals surface area contributed by atoms with Gasteiger partial charge in [-0.25, -0.2) is 0 Å². The summed E-state index contributed by atoms with van der Waals surface area (Å²) in [6.45, 7) is 5.60. The van der Waals surface area contributed by atoms with Crippen molar-refractivity contribution in [2.75, 3.05) is 12.4 Å². The fourth-order valence-electron chi connectivity index (χ4n) is 2.54. The molecule has 1 saturated heterocycles. The zero-order chi connectivity index (χ0) is 15.7. The molecule has 2 rings (SSSR count). The molecule has 114 valence electrons. The highest BCUT2D eigenvalue weighted by molar-refractivity contribution is 9.10. The van der Waals surface area contributed by atoms with Gasteiger partial charge in [-0.2, -0.15) is 0 Å². The van der Waals surface area contributed by atoms with E-state index in [2.05, 4.69) is 21.2 Å². The van der Waals surface area contributed by atoms with E-state index in [1.54, 1.807) is 7.11 Å². The van der Waals surface area contributed by atoms with E-state index in [-0.39, 0.29) is 24.3 Å². The first-order valence-electron chi connectivity index (χ1n) is 6.81. The summed E-state index contributed by atoms with van der Waals surface area (Å²) >= 11 is 3.41. The van der Waals surface area contributed by atoms with E-state index < -0.39 is 6.04 Å². The summed E-state index contributed by atoms with van der Waals surface area (Å²) in [5, 5.41) is 3.16. The second kappa shape index (κ2) is 6.05. The van der Waals surface area contributed by atoms with Gasteiger partial charge in [0.25, 0.3) is 5.91 Å². The molecular weight excluding hydrogens is 336 g/mol. The van der Waals surface area contributed by atoms with Crippen LogP contribution in [0.15, 0.2) is 16.6 Å². The molecule has 1 heterocycles. The number of amides is 2. The Hall–Kier alpha value is -1.56. The number of likely N-dealkylation sites (tertiary alicyclic amines) is 1. The molecule has 5 nitrogen and oxygen atoms in total. The average Bonchev–Trinajstić information content (AvgIpc) is 2.67. The van der Waals surface area contributed by atoms with Gasteiger partial charge in [-0.3, -0.25) is 14.5 Å². The molecular formula is C15H19BrN2O3. The van der Waals surface area contributed by atoms with Crippen molar-refractivity contribution in [3.8, 4) is 5.75 Å². The summed E-state index contributed by atoms with van der Waals surface area (Å²) in [5.41, 5.74) is 1.70. The molecule has 0 aromatic heterocycles. The Balaban J connectivity index is 2.28. The van der Waals surface area contributed by atoms with Crippen LogP contribution in [0.5, 0.6) is 5.75 Å². The molecule has 1 fully saturated rings. The quantitative estimate of drug-likeness (QED) is 0.844. The number of methoxy groups -OCH3 is 1. The van der Waals surface area contributed by atoms with Gasteiger partial charge in [-0.15, -0.1) is 0 Å². The molecule has 1 aromatic carbocycles. The van der Waals surface area contributed by atoms with Crippen molar-refractivity contribution in [1.82, 2.24) is 4.90 Å². The zero-order valence-electron chi connectivity index (χ0n) is 12.6. The molecule has 0 bridgehead atoms. The normalized spacial score (nSPS) is 18.6. The van der Waals surface area contributed by atoms with Gasteiger partial charge in [0.1, 0.15) is 11.8 Å². The number of hydrogen-bond donors (Lipinski definition) is 1. The molecule has 0 saturated carbocycles. The van der Waals surface area contributed by atoms with Gasteiger partial charge in [0.05, 0.1) is 19.2 Å². The summed E-state index contributed by atoms with van der Waals surface area (Å²) in [7, 11) is 1.58. The fourth-order valence-corrected chi connectivity index (χ4v) is 3.09. The van der Waals surface area contributed by atoms with Crippen molar-refractivity contribution in [3.05, 3.63) is 22.2 Å². The monoisotopic (exact) mass is 354 g/mol. The molecule has 0 radical (unpaired) electrons. The number of rotatable bonds is 4. The topological polar surface area (TPSA) is 58.6 Å². The third kappa shape index (κ3) is 3.05. The largest absolute Gasteiger partial charge is 0.495 e. The lowest BCUT2D eigenvalue weighted by molar-refractivity contribution is -0.140. The van der Waals surface area contributed by atoms with E-state index in [4.69, 9.17) is 4.74 Å². The van der Waals surface area contributed by atoms with Gasteiger partial charge in [0, 0.05) is 10.5 Å². The highest BCUT2D eigenvalue weighted by atomic mass is 79.9. The smallest absolute Gasteiger partial charge is 0.252 e. The molecule has 1 atom stereocenters. The second-order valence-corrected chi connectivity index (χ2v) is 6.31. The summed E-state index contributed by atoms with van der Waals surface area (Å²) in [6, 6.07) is 3.11. The number of nitrogens with zero attached hydrogens (tertiary/aromatic N) is 1. The molecule has 0 spiro atoms. The lowest BCUT2D eigenvalue weighted by atomic mass is 10.1. The van der Waals surface area contributed by atoms with E-state index in [1.807, 2.05) is 32.9 Å². The van der Waals surface area contributed by atoms with Crippen molar-refractivity contribution in [3.63, 3.8) is 0 Å². The number of ether oxygens (including phenoxy) is 1. The van der Waals surface area contributed by atoms with E-state index in [9.17, 15) is 9.59 Å². The number of halogens is 1. The lowest BCUT2D eigenvalue weighted by Crippen LogP contribution is -2.39. The van der Waals surface area contributed by atoms with Crippen LogP contribution in [0.25, 0.3) is 0 Å².